The van der Waals surface area contributed by atoms with Crippen LogP contribution in [0.25, 0.3) is 0 Å². The van der Waals surface area contributed by atoms with Crippen molar-refractivity contribution < 1.29 is 4.79 Å². The van der Waals surface area contributed by atoms with E-state index in [2.05, 4.69) is 10.4 Å². The van der Waals surface area contributed by atoms with Gasteiger partial charge in [0.2, 0.25) is 0 Å². The lowest BCUT2D eigenvalue weighted by Gasteiger charge is -2.27. The molecule has 1 atom stereocenters. The maximum atomic E-state index is 12.7. The minimum Gasteiger partial charge on any atom is -0.335 e. The monoisotopic (exact) mass is 250 g/mol. The summed E-state index contributed by atoms with van der Waals surface area (Å²) in [7, 11) is 1.88. The quantitative estimate of drug-likeness (QED) is 0.865. The van der Waals surface area contributed by atoms with Gasteiger partial charge in [-0.1, -0.05) is 0 Å². The molecule has 1 aromatic heterocycles. The maximum Gasteiger partial charge on any atom is 0.257 e. The molecule has 1 N–H and O–H groups in total. The molecule has 1 fully saturated rings. The van der Waals surface area contributed by atoms with Crippen molar-refractivity contribution in [3.63, 3.8) is 0 Å². The fourth-order valence-electron chi connectivity index (χ4n) is 2.70. The molecule has 1 unspecified atom stereocenters. The van der Waals surface area contributed by atoms with Gasteiger partial charge in [-0.3, -0.25) is 9.48 Å². The van der Waals surface area contributed by atoms with Crippen LogP contribution in [0.2, 0.25) is 0 Å². The summed E-state index contributed by atoms with van der Waals surface area (Å²) in [6.07, 6.45) is 1.04. The summed E-state index contributed by atoms with van der Waals surface area (Å²) in [6.45, 7) is 8.54. The van der Waals surface area contributed by atoms with Gasteiger partial charge in [0, 0.05) is 31.9 Å². The minimum absolute atomic E-state index is 0.120. The third-order valence-corrected chi connectivity index (χ3v) is 3.80. The highest BCUT2D eigenvalue weighted by Gasteiger charge is 2.29. The molecule has 2 heterocycles. The van der Waals surface area contributed by atoms with Gasteiger partial charge in [-0.15, -0.1) is 0 Å². The Kier molecular flexibility index (Phi) is 3.71. The number of carbonyl (C=O) groups is 1. The van der Waals surface area contributed by atoms with E-state index >= 15 is 0 Å². The van der Waals surface area contributed by atoms with Crippen LogP contribution in [0.5, 0.6) is 0 Å². The summed E-state index contributed by atoms with van der Waals surface area (Å²) in [5.74, 6) is 0.120. The Morgan fingerprint density at radius 1 is 1.56 bits per heavy atom. The number of aromatic nitrogens is 2. The van der Waals surface area contributed by atoms with Crippen molar-refractivity contribution in [3.8, 4) is 0 Å². The van der Waals surface area contributed by atoms with E-state index in [9.17, 15) is 4.79 Å². The van der Waals surface area contributed by atoms with Crippen molar-refractivity contribution in [2.75, 3.05) is 19.6 Å². The Morgan fingerprint density at radius 3 is 2.72 bits per heavy atom. The van der Waals surface area contributed by atoms with Crippen LogP contribution in [0.4, 0.5) is 0 Å². The van der Waals surface area contributed by atoms with E-state index in [-0.39, 0.29) is 5.91 Å². The molecule has 1 aliphatic rings. The average Bonchev–Trinajstić information content (AvgIpc) is 2.90. The molecule has 0 bridgehead atoms. The highest BCUT2D eigenvalue weighted by molar-refractivity contribution is 5.96. The number of hydrogen-bond donors (Lipinski definition) is 1. The maximum absolute atomic E-state index is 12.7. The Balaban J connectivity index is 2.28. The van der Waals surface area contributed by atoms with E-state index in [1.165, 1.54) is 0 Å². The summed E-state index contributed by atoms with van der Waals surface area (Å²) < 4.78 is 1.78. The zero-order valence-electron chi connectivity index (χ0n) is 11.7. The molecule has 1 aliphatic heterocycles. The molecule has 0 radical (unpaired) electrons. The lowest BCUT2D eigenvalue weighted by molar-refractivity contribution is 0.0702. The van der Waals surface area contributed by atoms with Crippen LogP contribution in [0.1, 0.15) is 35.1 Å². The number of likely N-dealkylation sites (N-methyl/N-ethyl adjacent to an activating group) is 1. The number of rotatable bonds is 3. The Bertz CT molecular complexity index is 446. The molecule has 18 heavy (non-hydrogen) atoms. The molecule has 1 saturated heterocycles. The van der Waals surface area contributed by atoms with Crippen LogP contribution in [0.15, 0.2) is 0 Å². The van der Waals surface area contributed by atoms with Crippen LogP contribution in [0.3, 0.4) is 0 Å². The molecule has 0 spiro atoms. The third-order valence-electron chi connectivity index (χ3n) is 3.80. The third kappa shape index (κ3) is 2.14. The predicted molar refractivity (Wildman–Crippen MR) is 70.7 cm³/mol. The number of nitrogens with one attached hydrogen (secondary N) is 1. The number of aryl methyl sites for hydroxylation is 2. The molecular weight excluding hydrogens is 228 g/mol. The van der Waals surface area contributed by atoms with Gasteiger partial charge in [0.05, 0.1) is 11.3 Å². The lowest BCUT2D eigenvalue weighted by atomic mass is 10.1. The Hall–Kier alpha value is -1.36. The highest BCUT2D eigenvalue weighted by atomic mass is 16.2. The molecule has 100 valence electrons. The number of hydrogen-bond acceptors (Lipinski definition) is 3. The lowest BCUT2D eigenvalue weighted by Crippen LogP contribution is -2.41. The van der Waals surface area contributed by atoms with E-state index in [1.54, 1.807) is 4.68 Å². The molecule has 5 nitrogen and oxygen atoms in total. The highest BCUT2D eigenvalue weighted by Crippen LogP contribution is 2.18. The van der Waals surface area contributed by atoms with Crippen molar-refractivity contribution >= 4 is 5.91 Å². The van der Waals surface area contributed by atoms with E-state index in [1.807, 2.05) is 32.7 Å². The van der Waals surface area contributed by atoms with Crippen LogP contribution >= 0.6 is 0 Å². The van der Waals surface area contributed by atoms with E-state index in [0.29, 0.717) is 6.04 Å². The summed E-state index contributed by atoms with van der Waals surface area (Å²) in [4.78, 5) is 14.6. The second-order valence-corrected chi connectivity index (χ2v) is 4.91. The smallest absolute Gasteiger partial charge is 0.257 e. The van der Waals surface area contributed by atoms with E-state index in [4.69, 9.17) is 0 Å². The predicted octanol–water partition coefficient (Wildman–Crippen LogP) is 0.861. The van der Waals surface area contributed by atoms with Gasteiger partial charge in [-0.2, -0.15) is 5.10 Å². The molecule has 5 heteroatoms. The topological polar surface area (TPSA) is 50.2 Å². The van der Waals surface area contributed by atoms with Gasteiger partial charge < -0.3 is 10.2 Å². The van der Waals surface area contributed by atoms with Crippen molar-refractivity contribution in [3.05, 3.63) is 17.0 Å². The molecule has 0 aromatic carbocycles. The Labute approximate surface area is 108 Å². The number of nitrogens with zero attached hydrogens (tertiary/aromatic N) is 3. The SMILES string of the molecule is CCN(C(=O)c1c(C)nn(C)c1C)C1CCNC1. The zero-order chi connectivity index (χ0) is 13.3. The fraction of sp³-hybridized carbons (Fsp3) is 0.692. The van der Waals surface area contributed by atoms with Gasteiger partial charge in [0.25, 0.3) is 5.91 Å². The van der Waals surface area contributed by atoms with Gasteiger partial charge >= 0.3 is 0 Å². The van der Waals surface area contributed by atoms with Gasteiger partial charge in [-0.25, -0.2) is 0 Å². The van der Waals surface area contributed by atoms with Crippen LogP contribution in [-0.2, 0) is 7.05 Å². The van der Waals surface area contributed by atoms with Gasteiger partial charge in [-0.05, 0) is 33.7 Å². The van der Waals surface area contributed by atoms with Crippen molar-refractivity contribution in [2.45, 2.75) is 33.2 Å². The summed E-state index contributed by atoms with van der Waals surface area (Å²) in [6, 6.07) is 0.321. The largest absolute Gasteiger partial charge is 0.335 e. The van der Waals surface area contributed by atoms with Gasteiger partial charge in [0.15, 0.2) is 0 Å². The second-order valence-electron chi connectivity index (χ2n) is 4.91. The van der Waals surface area contributed by atoms with Gasteiger partial charge in [0.1, 0.15) is 0 Å². The first-order valence-corrected chi connectivity index (χ1v) is 6.58. The molecule has 1 amide bonds. The molecule has 1 aromatic rings. The fourth-order valence-corrected chi connectivity index (χ4v) is 2.70. The molecule has 2 rings (SSSR count). The summed E-state index contributed by atoms with van der Waals surface area (Å²) in [5.41, 5.74) is 2.54. The molecule has 0 saturated carbocycles. The van der Waals surface area contributed by atoms with Crippen molar-refractivity contribution in [1.82, 2.24) is 20.0 Å². The van der Waals surface area contributed by atoms with Crippen molar-refractivity contribution in [2.24, 2.45) is 7.05 Å². The summed E-state index contributed by atoms with van der Waals surface area (Å²) >= 11 is 0. The van der Waals surface area contributed by atoms with Crippen LogP contribution in [-0.4, -0.2) is 46.3 Å². The summed E-state index contributed by atoms with van der Waals surface area (Å²) in [5, 5.41) is 7.64. The molecule has 0 aliphatic carbocycles. The first-order chi connectivity index (χ1) is 8.56. The van der Waals surface area contributed by atoms with Crippen LogP contribution in [0, 0.1) is 13.8 Å². The minimum atomic E-state index is 0.120. The standard InChI is InChI=1S/C13H22N4O/c1-5-17(11-6-7-14-8-11)13(18)12-9(2)15-16(4)10(12)3/h11,14H,5-8H2,1-4H3. The second kappa shape index (κ2) is 5.10. The normalized spacial score (nSPS) is 19.2. The van der Waals surface area contributed by atoms with E-state index in [0.717, 1.165) is 43.0 Å². The first-order valence-electron chi connectivity index (χ1n) is 6.58. The number of carbonyl (C=O) groups excluding carboxylic acids is 1. The Morgan fingerprint density at radius 2 is 2.28 bits per heavy atom. The van der Waals surface area contributed by atoms with E-state index < -0.39 is 0 Å². The average molecular weight is 250 g/mol. The zero-order valence-corrected chi connectivity index (χ0v) is 11.7. The first kappa shape index (κ1) is 13.1. The van der Waals surface area contributed by atoms with Crippen molar-refractivity contribution in [1.29, 1.82) is 0 Å². The molecular formula is C13H22N4O. The van der Waals surface area contributed by atoms with Crippen LogP contribution < -0.4 is 5.32 Å². The number of amides is 1.